The van der Waals surface area contributed by atoms with E-state index >= 15 is 0 Å². The fourth-order valence-electron chi connectivity index (χ4n) is 3.38. The average molecular weight is 398 g/mol. The van der Waals surface area contributed by atoms with E-state index in [1.54, 1.807) is 0 Å². The number of esters is 1. The van der Waals surface area contributed by atoms with E-state index in [2.05, 4.69) is 5.32 Å². The minimum absolute atomic E-state index is 0.0896. The van der Waals surface area contributed by atoms with Crippen molar-refractivity contribution in [1.82, 2.24) is 5.32 Å². The molecule has 3 unspecified atom stereocenters. The summed E-state index contributed by atoms with van der Waals surface area (Å²) < 4.78 is 10.6. The molecule has 154 valence electrons. The van der Waals surface area contributed by atoms with E-state index in [1.165, 1.54) is 0 Å². The number of alkyl carbamates (subject to hydrolysis) is 1. The zero-order valence-corrected chi connectivity index (χ0v) is 16.1. The fourth-order valence-corrected chi connectivity index (χ4v) is 3.38. The third-order valence-electron chi connectivity index (χ3n) is 5.12. The molecule has 0 spiro atoms. The lowest BCUT2D eigenvalue weighted by atomic mass is 9.77. The summed E-state index contributed by atoms with van der Waals surface area (Å²) >= 11 is 0. The molecule has 1 aliphatic rings. The van der Waals surface area contributed by atoms with Crippen molar-refractivity contribution < 1.29 is 24.2 Å². The molecule has 29 heavy (non-hydrogen) atoms. The monoisotopic (exact) mass is 398 g/mol. The average Bonchev–Trinajstić information content (AvgIpc) is 2.74. The number of hydrogen-bond donors (Lipinski definition) is 3. The molecule has 2 aromatic rings. The minimum atomic E-state index is -1.43. The van der Waals surface area contributed by atoms with Gasteiger partial charge in [0.15, 0.2) is 0 Å². The van der Waals surface area contributed by atoms with Crippen LogP contribution in [0, 0.1) is 0 Å². The summed E-state index contributed by atoms with van der Waals surface area (Å²) in [7, 11) is 0. The van der Waals surface area contributed by atoms with Crippen LogP contribution in [0.25, 0.3) is 0 Å². The lowest BCUT2D eigenvalue weighted by molar-refractivity contribution is -0.155. The second-order valence-electron chi connectivity index (χ2n) is 7.29. The van der Waals surface area contributed by atoms with E-state index in [1.807, 2.05) is 60.7 Å². The van der Waals surface area contributed by atoms with Gasteiger partial charge in [0.25, 0.3) is 0 Å². The Morgan fingerprint density at radius 1 is 1.00 bits per heavy atom. The number of amides is 1. The maximum Gasteiger partial charge on any atom is 0.407 e. The van der Waals surface area contributed by atoms with Gasteiger partial charge in [0, 0.05) is 0 Å². The van der Waals surface area contributed by atoms with E-state index in [4.69, 9.17) is 15.2 Å². The summed E-state index contributed by atoms with van der Waals surface area (Å²) in [5, 5.41) is 12.7. The fraction of sp³-hybridized carbons (Fsp3) is 0.364. The Morgan fingerprint density at radius 2 is 1.55 bits per heavy atom. The van der Waals surface area contributed by atoms with Crippen LogP contribution >= 0.6 is 0 Å². The van der Waals surface area contributed by atoms with E-state index in [-0.39, 0.29) is 26.1 Å². The number of hydrogen-bond acceptors (Lipinski definition) is 6. The van der Waals surface area contributed by atoms with Gasteiger partial charge in [0.2, 0.25) is 0 Å². The Balaban J connectivity index is 1.60. The molecule has 0 aliphatic heterocycles. The molecule has 0 saturated heterocycles. The number of nitrogens with one attached hydrogen (secondary N) is 1. The van der Waals surface area contributed by atoms with Crippen LogP contribution in [-0.2, 0) is 27.5 Å². The summed E-state index contributed by atoms with van der Waals surface area (Å²) in [4.78, 5) is 25.0. The molecular formula is C22H26N2O5. The smallest absolute Gasteiger partial charge is 0.407 e. The van der Waals surface area contributed by atoms with Crippen molar-refractivity contribution >= 4 is 12.1 Å². The maximum atomic E-state index is 12.8. The molecule has 1 aliphatic carbocycles. The third kappa shape index (κ3) is 5.56. The SMILES string of the molecule is NC1(C(=O)OCc2ccccc2)CCC(O)CC1NC(=O)OCc1ccccc1. The number of benzene rings is 2. The normalized spacial score (nSPS) is 23.8. The topological polar surface area (TPSA) is 111 Å². The lowest BCUT2D eigenvalue weighted by Gasteiger charge is -2.40. The Labute approximate surface area is 169 Å². The molecule has 3 atom stereocenters. The molecule has 1 fully saturated rings. The summed E-state index contributed by atoms with van der Waals surface area (Å²) in [6.45, 7) is 0.185. The van der Waals surface area contributed by atoms with E-state index in [0.29, 0.717) is 6.42 Å². The number of aliphatic hydroxyl groups excluding tert-OH is 1. The molecule has 1 saturated carbocycles. The number of rotatable bonds is 6. The summed E-state index contributed by atoms with van der Waals surface area (Å²) in [5.74, 6) is -0.610. The van der Waals surface area contributed by atoms with Gasteiger partial charge in [-0.3, -0.25) is 0 Å². The van der Waals surface area contributed by atoms with Crippen molar-refractivity contribution in [3.8, 4) is 0 Å². The van der Waals surface area contributed by atoms with Gasteiger partial charge in [-0.2, -0.15) is 0 Å². The first kappa shape index (κ1) is 20.8. The molecule has 0 radical (unpaired) electrons. The van der Waals surface area contributed by atoms with E-state index in [9.17, 15) is 14.7 Å². The van der Waals surface area contributed by atoms with Crippen molar-refractivity contribution in [2.45, 2.75) is 50.2 Å². The predicted molar refractivity (Wildman–Crippen MR) is 107 cm³/mol. The van der Waals surface area contributed by atoms with Crippen molar-refractivity contribution in [1.29, 1.82) is 0 Å². The Hall–Kier alpha value is -2.90. The Kier molecular flexibility index (Phi) is 6.85. The standard InChI is InChI=1S/C22H26N2O5/c23-22(20(26)28-14-16-7-3-1-4-8-16)12-11-18(25)13-19(22)24-21(27)29-15-17-9-5-2-6-10-17/h1-10,18-19,25H,11-15,23H2,(H,24,27). The van der Waals surface area contributed by atoms with Crippen molar-refractivity contribution in [3.63, 3.8) is 0 Å². The zero-order valence-electron chi connectivity index (χ0n) is 16.1. The highest BCUT2D eigenvalue weighted by Crippen LogP contribution is 2.29. The second-order valence-corrected chi connectivity index (χ2v) is 7.29. The molecule has 0 bridgehead atoms. The number of nitrogens with two attached hydrogens (primary N) is 1. The third-order valence-corrected chi connectivity index (χ3v) is 5.12. The molecule has 7 heteroatoms. The predicted octanol–water partition coefficient (Wildman–Crippen LogP) is 2.27. The first-order valence-electron chi connectivity index (χ1n) is 9.62. The number of carbonyl (C=O) groups excluding carboxylic acids is 2. The van der Waals surface area contributed by atoms with E-state index < -0.39 is 29.7 Å². The van der Waals surface area contributed by atoms with Crippen LogP contribution < -0.4 is 11.1 Å². The molecule has 4 N–H and O–H groups in total. The maximum absolute atomic E-state index is 12.8. The second kappa shape index (κ2) is 9.54. The first-order chi connectivity index (χ1) is 14.0. The highest BCUT2D eigenvalue weighted by molar-refractivity contribution is 5.83. The van der Waals surface area contributed by atoms with Crippen LogP contribution in [-0.4, -0.2) is 34.9 Å². The minimum Gasteiger partial charge on any atom is -0.459 e. The first-order valence-corrected chi connectivity index (χ1v) is 9.62. The van der Waals surface area contributed by atoms with Gasteiger partial charge in [-0.1, -0.05) is 60.7 Å². The van der Waals surface area contributed by atoms with Crippen LogP contribution in [0.1, 0.15) is 30.4 Å². The summed E-state index contributed by atoms with van der Waals surface area (Å²) in [6, 6.07) is 17.7. The van der Waals surface area contributed by atoms with Crippen LogP contribution in [0.5, 0.6) is 0 Å². The van der Waals surface area contributed by atoms with Crippen LogP contribution in [0.3, 0.4) is 0 Å². The van der Waals surface area contributed by atoms with E-state index in [0.717, 1.165) is 11.1 Å². The lowest BCUT2D eigenvalue weighted by Crippen LogP contribution is -2.66. The summed E-state index contributed by atoms with van der Waals surface area (Å²) in [6.07, 6.45) is -0.650. The van der Waals surface area contributed by atoms with Crippen LogP contribution in [0.2, 0.25) is 0 Å². The quantitative estimate of drug-likeness (QED) is 0.644. The van der Waals surface area contributed by atoms with Gasteiger partial charge in [-0.05, 0) is 30.4 Å². The molecule has 0 heterocycles. The van der Waals surface area contributed by atoms with Gasteiger partial charge in [0.1, 0.15) is 18.8 Å². The highest BCUT2D eigenvalue weighted by Gasteiger charge is 2.48. The molecule has 1 amide bonds. The molecule has 0 aromatic heterocycles. The number of aliphatic hydroxyl groups is 1. The van der Waals surface area contributed by atoms with Gasteiger partial charge in [0.05, 0.1) is 12.1 Å². The Morgan fingerprint density at radius 3 is 2.14 bits per heavy atom. The van der Waals surface area contributed by atoms with Crippen LogP contribution in [0.4, 0.5) is 4.79 Å². The number of carbonyl (C=O) groups is 2. The molecule has 3 rings (SSSR count). The Bertz CT molecular complexity index is 814. The van der Waals surface area contributed by atoms with Crippen molar-refractivity contribution in [2.24, 2.45) is 5.73 Å². The van der Waals surface area contributed by atoms with Gasteiger partial charge in [-0.25, -0.2) is 9.59 Å². The van der Waals surface area contributed by atoms with Crippen LogP contribution in [0.15, 0.2) is 60.7 Å². The van der Waals surface area contributed by atoms with Crippen molar-refractivity contribution in [3.05, 3.63) is 71.8 Å². The number of ether oxygens (including phenoxy) is 2. The largest absolute Gasteiger partial charge is 0.459 e. The van der Waals surface area contributed by atoms with Crippen molar-refractivity contribution in [2.75, 3.05) is 0 Å². The zero-order chi connectivity index (χ0) is 20.7. The molecule has 7 nitrogen and oxygen atoms in total. The molecular weight excluding hydrogens is 372 g/mol. The van der Waals surface area contributed by atoms with Gasteiger partial charge >= 0.3 is 12.1 Å². The highest BCUT2D eigenvalue weighted by atomic mass is 16.5. The summed E-state index contributed by atoms with van der Waals surface area (Å²) in [5.41, 5.74) is 6.62. The van der Waals surface area contributed by atoms with Gasteiger partial charge in [-0.15, -0.1) is 0 Å². The van der Waals surface area contributed by atoms with Gasteiger partial charge < -0.3 is 25.6 Å². The molecule has 2 aromatic carbocycles.